The maximum Gasteiger partial charge on any atom is 0.237 e. The molecule has 3 nitrogen and oxygen atoms in total. The first-order valence-corrected chi connectivity index (χ1v) is 8.64. The molecular weight excluding hydrogens is 326 g/mol. The highest BCUT2D eigenvalue weighted by Crippen LogP contribution is 2.28. The summed E-state index contributed by atoms with van der Waals surface area (Å²) in [6.45, 7) is 1.89. The first-order valence-electron chi connectivity index (χ1n) is 6.40. The molecule has 0 fully saturated rings. The van der Waals surface area contributed by atoms with Crippen molar-refractivity contribution < 1.29 is 9.53 Å². The fourth-order valence-electron chi connectivity index (χ4n) is 1.69. The second kappa shape index (κ2) is 7.73. The van der Waals surface area contributed by atoms with Gasteiger partial charge in [0.1, 0.15) is 5.75 Å². The molecule has 1 atom stereocenters. The van der Waals surface area contributed by atoms with E-state index >= 15 is 0 Å². The number of amides is 1. The molecule has 0 bridgehead atoms. The SMILES string of the molecule is COc1ccccc1NC(=O)C(C)SCc1ccc(Cl)s1. The van der Waals surface area contributed by atoms with Gasteiger partial charge in [0.2, 0.25) is 5.91 Å². The molecule has 0 aliphatic rings. The Labute approximate surface area is 137 Å². The molecular formula is C15H16ClNO2S2. The second-order valence-electron chi connectivity index (χ2n) is 4.35. The van der Waals surface area contributed by atoms with Crippen molar-refractivity contribution in [3.63, 3.8) is 0 Å². The van der Waals surface area contributed by atoms with Crippen LogP contribution in [0.4, 0.5) is 5.69 Å². The Kier molecular flexibility index (Phi) is 5.96. The number of carbonyl (C=O) groups excluding carboxylic acids is 1. The summed E-state index contributed by atoms with van der Waals surface area (Å²) < 4.78 is 6.00. The number of thiophene rings is 1. The van der Waals surface area contributed by atoms with Gasteiger partial charge in [-0.25, -0.2) is 0 Å². The van der Waals surface area contributed by atoms with Crippen molar-refractivity contribution in [2.45, 2.75) is 17.9 Å². The second-order valence-corrected chi connectivity index (χ2v) is 7.48. The zero-order chi connectivity index (χ0) is 15.2. The summed E-state index contributed by atoms with van der Waals surface area (Å²) in [5, 5.41) is 2.74. The number of anilines is 1. The van der Waals surface area contributed by atoms with Gasteiger partial charge < -0.3 is 10.1 Å². The molecule has 6 heteroatoms. The number of methoxy groups -OCH3 is 1. The van der Waals surface area contributed by atoms with Crippen LogP contribution in [0.25, 0.3) is 0 Å². The predicted octanol–water partition coefficient (Wildman–Crippen LogP) is 4.67. The molecule has 2 aromatic rings. The summed E-state index contributed by atoms with van der Waals surface area (Å²) in [6.07, 6.45) is 0. The third-order valence-corrected chi connectivity index (χ3v) is 5.44. The molecule has 1 amide bonds. The van der Waals surface area contributed by atoms with Gasteiger partial charge in [0, 0.05) is 10.6 Å². The molecule has 2 rings (SSSR count). The monoisotopic (exact) mass is 341 g/mol. The van der Waals surface area contributed by atoms with Crippen LogP contribution in [0.2, 0.25) is 4.34 Å². The van der Waals surface area contributed by atoms with E-state index in [-0.39, 0.29) is 11.2 Å². The van der Waals surface area contributed by atoms with E-state index in [0.29, 0.717) is 11.4 Å². The zero-order valence-corrected chi connectivity index (χ0v) is 14.1. The lowest BCUT2D eigenvalue weighted by molar-refractivity contribution is -0.115. The van der Waals surface area contributed by atoms with Gasteiger partial charge in [-0.15, -0.1) is 23.1 Å². The highest BCUT2D eigenvalue weighted by atomic mass is 35.5. The maximum absolute atomic E-state index is 12.2. The number of para-hydroxylation sites is 2. The standard InChI is InChI=1S/C15H16ClNO2S2/c1-10(20-9-11-7-8-14(16)21-11)15(18)17-12-5-3-4-6-13(12)19-2/h3-8,10H,9H2,1-2H3,(H,17,18). The Morgan fingerprint density at radius 2 is 2.14 bits per heavy atom. The Bertz CT molecular complexity index is 615. The van der Waals surface area contributed by atoms with Gasteiger partial charge in [-0.1, -0.05) is 23.7 Å². The summed E-state index contributed by atoms with van der Waals surface area (Å²) in [6, 6.07) is 11.2. The van der Waals surface area contributed by atoms with Crippen molar-refractivity contribution in [1.82, 2.24) is 0 Å². The van der Waals surface area contributed by atoms with Crippen molar-refractivity contribution in [1.29, 1.82) is 0 Å². The van der Waals surface area contributed by atoms with E-state index in [1.165, 1.54) is 4.88 Å². The van der Waals surface area contributed by atoms with E-state index in [9.17, 15) is 4.79 Å². The van der Waals surface area contributed by atoms with Crippen LogP contribution in [0.15, 0.2) is 36.4 Å². The van der Waals surface area contributed by atoms with Crippen LogP contribution in [0.5, 0.6) is 5.75 Å². The molecule has 1 aromatic carbocycles. The normalized spacial score (nSPS) is 12.0. The lowest BCUT2D eigenvalue weighted by atomic mass is 10.3. The predicted molar refractivity (Wildman–Crippen MR) is 91.7 cm³/mol. The van der Waals surface area contributed by atoms with Crippen molar-refractivity contribution in [2.24, 2.45) is 0 Å². The Morgan fingerprint density at radius 1 is 1.38 bits per heavy atom. The quantitative estimate of drug-likeness (QED) is 0.829. The third kappa shape index (κ3) is 4.66. The first kappa shape index (κ1) is 16.2. The third-order valence-electron chi connectivity index (χ3n) is 2.84. The smallest absolute Gasteiger partial charge is 0.237 e. The number of carbonyl (C=O) groups is 1. The van der Waals surface area contributed by atoms with Crippen molar-refractivity contribution in [2.75, 3.05) is 12.4 Å². The minimum absolute atomic E-state index is 0.0350. The number of benzene rings is 1. The van der Waals surface area contributed by atoms with Crippen LogP contribution in [-0.4, -0.2) is 18.3 Å². The largest absolute Gasteiger partial charge is 0.495 e. The van der Waals surface area contributed by atoms with E-state index in [0.717, 1.165) is 10.1 Å². The molecule has 0 saturated heterocycles. The van der Waals surface area contributed by atoms with Crippen LogP contribution < -0.4 is 10.1 Å². The van der Waals surface area contributed by atoms with Crippen LogP contribution >= 0.6 is 34.7 Å². The fourth-order valence-corrected chi connectivity index (χ4v) is 3.74. The molecule has 1 N–H and O–H groups in total. The van der Waals surface area contributed by atoms with Gasteiger partial charge in [0.15, 0.2) is 0 Å². The van der Waals surface area contributed by atoms with Crippen molar-refractivity contribution in [3.8, 4) is 5.75 Å². The van der Waals surface area contributed by atoms with Crippen molar-refractivity contribution >= 4 is 46.3 Å². The lowest BCUT2D eigenvalue weighted by Gasteiger charge is -2.13. The molecule has 21 heavy (non-hydrogen) atoms. The van der Waals surface area contributed by atoms with Gasteiger partial charge >= 0.3 is 0 Å². The molecule has 0 aliphatic carbocycles. The highest BCUT2D eigenvalue weighted by molar-refractivity contribution is 7.99. The number of hydrogen-bond donors (Lipinski definition) is 1. The molecule has 1 heterocycles. The summed E-state index contributed by atoms with van der Waals surface area (Å²) in [4.78, 5) is 13.4. The molecule has 0 saturated carbocycles. The summed E-state index contributed by atoms with van der Waals surface area (Å²) >= 11 is 9.02. The molecule has 0 aliphatic heterocycles. The van der Waals surface area contributed by atoms with Gasteiger partial charge in [0.25, 0.3) is 0 Å². The number of halogens is 1. The molecule has 0 spiro atoms. The average Bonchev–Trinajstić information content (AvgIpc) is 2.91. The molecule has 0 radical (unpaired) electrons. The van der Waals surface area contributed by atoms with Gasteiger partial charge in [-0.2, -0.15) is 0 Å². The number of rotatable bonds is 6. The van der Waals surface area contributed by atoms with Gasteiger partial charge in [0.05, 0.1) is 22.4 Å². The van der Waals surface area contributed by atoms with E-state index in [4.69, 9.17) is 16.3 Å². The number of nitrogens with one attached hydrogen (secondary N) is 1. The minimum atomic E-state index is -0.157. The number of ether oxygens (including phenoxy) is 1. The maximum atomic E-state index is 12.2. The summed E-state index contributed by atoms with van der Waals surface area (Å²) in [5.41, 5.74) is 0.691. The molecule has 112 valence electrons. The molecule has 1 unspecified atom stereocenters. The number of thioether (sulfide) groups is 1. The van der Waals surface area contributed by atoms with Crippen LogP contribution in [-0.2, 0) is 10.5 Å². The van der Waals surface area contributed by atoms with E-state index in [1.54, 1.807) is 30.2 Å². The topological polar surface area (TPSA) is 38.3 Å². The average molecular weight is 342 g/mol. The number of hydrogen-bond acceptors (Lipinski definition) is 4. The Hall–Kier alpha value is -1.17. The van der Waals surface area contributed by atoms with Crippen LogP contribution in [0.1, 0.15) is 11.8 Å². The van der Waals surface area contributed by atoms with E-state index < -0.39 is 0 Å². The minimum Gasteiger partial charge on any atom is -0.495 e. The zero-order valence-electron chi connectivity index (χ0n) is 11.8. The van der Waals surface area contributed by atoms with Gasteiger partial charge in [-0.05, 0) is 31.2 Å². The highest BCUT2D eigenvalue weighted by Gasteiger charge is 2.15. The molecule has 1 aromatic heterocycles. The van der Waals surface area contributed by atoms with Crippen LogP contribution in [0.3, 0.4) is 0 Å². The van der Waals surface area contributed by atoms with Crippen molar-refractivity contribution in [3.05, 3.63) is 45.6 Å². The van der Waals surface area contributed by atoms with Gasteiger partial charge in [-0.3, -0.25) is 4.79 Å². The van der Waals surface area contributed by atoms with Crippen LogP contribution in [0, 0.1) is 0 Å². The summed E-state index contributed by atoms with van der Waals surface area (Å²) in [5.74, 6) is 1.40. The van der Waals surface area contributed by atoms with E-state index in [1.807, 2.05) is 43.3 Å². The Morgan fingerprint density at radius 3 is 2.81 bits per heavy atom. The van der Waals surface area contributed by atoms with E-state index in [2.05, 4.69) is 5.32 Å². The lowest BCUT2D eigenvalue weighted by Crippen LogP contribution is -2.22. The summed E-state index contributed by atoms with van der Waals surface area (Å²) in [7, 11) is 1.59. The fraction of sp³-hybridized carbons (Fsp3) is 0.267. The first-order chi connectivity index (χ1) is 10.1. The Balaban J connectivity index is 1.90.